The van der Waals surface area contributed by atoms with Gasteiger partial charge in [0.05, 0.1) is 5.69 Å². The van der Waals surface area contributed by atoms with Crippen LogP contribution in [0.3, 0.4) is 0 Å². The Kier molecular flexibility index (Phi) is 2.38. The molecule has 1 aromatic rings. The van der Waals surface area contributed by atoms with E-state index in [1.165, 1.54) is 0 Å². The summed E-state index contributed by atoms with van der Waals surface area (Å²) in [6.07, 6.45) is 5.66. The quantitative estimate of drug-likeness (QED) is 0.724. The van der Waals surface area contributed by atoms with Crippen LogP contribution in [-0.2, 0) is 0 Å². The minimum atomic E-state index is 0.771. The summed E-state index contributed by atoms with van der Waals surface area (Å²) in [5.41, 5.74) is 3.63. The van der Waals surface area contributed by atoms with Crippen molar-refractivity contribution in [3.63, 3.8) is 0 Å². The molecular weight excluding hydrogens is 212 g/mol. The third-order valence-corrected chi connectivity index (χ3v) is 2.50. The normalized spacial score (nSPS) is 11.3. The van der Waals surface area contributed by atoms with E-state index in [-0.39, 0.29) is 0 Å². The van der Waals surface area contributed by atoms with Gasteiger partial charge in [0.2, 0.25) is 0 Å². The molecule has 0 saturated carbocycles. The van der Waals surface area contributed by atoms with Gasteiger partial charge in [-0.1, -0.05) is 41.6 Å². The van der Waals surface area contributed by atoms with Crippen molar-refractivity contribution in [1.29, 1.82) is 0 Å². The number of nitrogens with one attached hydrogen (secondary N) is 1. The van der Waals surface area contributed by atoms with Gasteiger partial charge in [0.1, 0.15) is 11.4 Å². The molecule has 0 bridgehead atoms. The SMILES string of the molecule is C(=Cc1nn[nH]c2ccnc1-2)c1ccccc1. The van der Waals surface area contributed by atoms with Gasteiger partial charge in [0.15, 0.2) is 0 Å². The summed E-state index contributed by atoms with van der Waals surface area (Å²) in [7, 11) is 0. The molecule has 0 aromatic heterocycles. The topological polar surface area (TPSA) is 54.5 Å². The zero-order valence-electron chi connectivity index (χ0n) is 9.04. The van der Waals surface area contributed by atoms with Crippen LogP contribution in [0.4, 0.5) is 0 Å². The Bertz CT molecular complexity index is 612. The van der Waals surface area contributed by atoms with Crippen LogP contribution in [0.2, 0.25) is 0 Å². The van der Waals surface area contributed by atoms with Crippen LogP contribution >= 0.6 is 0 Å². The van der Waals surface area contributed by atoms with E-state index in [0.29, 0.717) is 0 Å². The molecule has 4 heteroatoms. The van der Waals surface area contributed by atoms with Gasteiger partial charge in [-0.05, 0) is 17.7 Å². The number of nitrogens with zero attached hydrogens (tertiary/aromatic N) is 3. The first-order valence-electron chi connectivity index (χ1n) is 5.32. The summed E-state index contributed by atoms with van der Waals surface area (Å²) in [5.74, 6) is 0. The van der Waals surface area contributed by atoms with Crippen LogP contribution in [0.5, 0.6) is 0 Å². The van der Waals surface area contributed by atoms with Crippen LogP contribution in [0.15, 0.2) is 42.6 Å². The second-order valence-electron chi connectivity index (χ2n) is 3.65. The molecule has 2 aliphatic rings. The van der Waals surface area contributed by atoms with Crippen molar-refractivity contribution >= 4 is 12.2 Å². The number of benzene rings is 1. The summed E-state index contributed by atoms with van der Waals surface area (Å²) in [4.78, 5) is 4.25. The third kappa shape index (κ3) is 1.92. The fourth-order valence-corrected chi connectivity index (χ4v) is 1.66. The minimum Gasteiger partial charge on any atom is -0.257 e. The van der Waals surface area contributed by atoms with Gasteiger partial charge in [-0.25, -0.2) is 0 Å². The number of aromatic amines is 1. The molecule has 0 radical (unpaired) electrons. The molecular formula is C13H10N4. The number of hydrogen-bond acceptors (Lipinski definition) is 3. The van der Waals surface area contributed by atoms with Gasteiger partial charge >= 0.3 is 0 Å². The Morgan fingerprint density at radius 1 is 1.00 bits per heavy atom. The second-order valence-corrected chi connectivity index (χ2v) is 3.65. The summed E-state index contributed by atoms with van der Waals surface area (Å²) >= 11 is 0. The summed E-state index contributed by atoms with van der Waals surface area (Å²) < 4.78 is 0. The molecule has 1 aromatic carbocycles. The largest absolute Gasteiger partial charge is 0.257 e. The van der Waals surface area contributed by atoms with Gasteiger partial charge < -0.3 is 0 Å². The van der Waals surface area contributed by atoms with E-state index in [9.17, 15) is 0 Å². The smallest absolute Gasteiger partial charge is 0.116 e. The average Bonchev–Trinajstić information content (AvgIpc) is 2.86. The lowest BCUT2D eigenvalue weighted by Gasteiger charge is -1.99. The Morgan fingerprint density at radius 3 is 2.76 bits per heavy atom. The molecule has 2 heterocycles. The molecule has 4 nitrogen and oxygen atoms in total. The Morgan fingerprint density at radius 2 is 1.88 bits per heavy atom. The van der Waals surface area contributed by atoms with Gasteiger partial charge in [0, 0.05) is 6.20 Å². The summed E-state index contributed by atoms with van der Waals surface area (Å²) in [6.45, 7) is 0. The van der Waals surface area contributed by atoms with Crippen molar-refractivity contribution in [2.24, 2.45) is 0 Å². The predicted octanol–water partition coefficient (Wildman–Crippen LogP) is 2.47. The van der Waals surface area contributed by atoms with Gasteiger partial charge in [-0.15, -0.1) is 5.10 Å². The lowest BCUT2D eigenvalue weighted by molar-refractivity contribution is 0.859. The molecule has 0 spiro atoms. The van der Waals surface area contributed by atoms with Gasteiger partial charge in [-0.3, -0.25) is 10.1 Å². The summed E-state index contributed by atoms with van der Waals surface area (Å²) in [6, 6.07) is 11.9. The van der Waals surface area contributed by atoms with E-state index in [0.717, 1.165) is 22.6 Å². The number of rotatable bonds is 2. The fourth-order valence-electron chi connectivity index (χ4n) is 1.66. The van der Waals surface area contributed by atoms with Crippen LogP contribution in [0, 0.1) is 0 Å². The number of H-pyrrole nitrogens is 1. The number of aromatic nitrogens is 4. The molecule has 0 aliphatic carbocycles. The van der Waals surface area contributed by atoms with E-state index in [1.807, 2.05) is 48.6 Å². The molecule has 17 heavy (non-hydrogen) atoms. The lowest BCUT2D eigenvalue weighted by Crippen LogP contribution is -1.95. The van der Waals surface area contributed by atoms with Crippen LogP contribution in [0.1, 0.15) is 11.3 Å². The van der Waals surface area contributed by atoms with Crippen molar-refractivity contribution in [1.82, 2.24) is 20.4 Å². The lowest BCUT2D eigenvalue weighted by atomic mass is 10.2. The third-order valence-electron chi connectivity index (χ3n) is 2.50. The van der Waals surface area contributed by atoms with E-state index in [4.69, 9.17) is 0 Å². The standard InChI is InChI=1S/C13H10N4/c1-2-4-10(5-3-1)6-7-11-13-12(8-9-14-13)16-17-15-11/h1-9H,(H,15,16). The highest BCUT2D eigenvalue weighted by molar-refractivity contribution is 5.75. The Balaban J connectivity index is 1.96. The monoisotopic (exact) mass is 222 g/mol. The molecule has 0 saturated heterocycles. The fraction of sp³-hybridized carbons (Fsp3) is 0. The van der Waals surface area contributed by atoms with Crippen LogP contribution in [0.25, 0.3) is 23.5 Å². The zero-order valence-corrected chi connectivity index (χ0v) is 9.04. The van der Waals surface area contributed by atoms with Gasteiger partial charge in [-0.2, -0.15) is 0 Å². The maximum atomic E-state index is 4.25. The van der Waals surface area contributed by atoms with Crippen molar-refractivity contribution < 1.29 is 0 Å². The molecule has 0 atom stereocenters. The number of fused-ring (bicyclic) bond motifs is 1. The molecule has 0 unspecified atom stereocenters. The van der Waals surface area contributed by atoms with E-state index in [2.05, 4.69) is 20.4 Å². The van der Waals surface area contributed by atoms with Gasteiger partial charge in [0.25, 0.3) is 0 Å². The Labute approximate surface area is 98.4 Å². The highest BCUT2D eigenvalue weighted by Gasteiger charge is 2.09. The number of hydrogen-bond donors (Lipinski definition) is 1. The predicted molar refractivity (Wildman–Crippen MR) is 66.2 cm³/mol. The molecule has 1 N–H and O–H groups in total. The van der Waals surface area contributed by atoms with Crippen LogP contribution in [-0.4, -0.2) is 20.4 Å². The molecule has 0 fully saturated rings. The average molecular weight is 222 g/mol. The molecule has 82 valence electrons. The first-order chi connectivity index (χ1) is 8.43. The van der Waals surface area contributed by atoms with Crippen molar-refractivity contribution in [2.45, 2.75) is 0 Å². The first-order valence-corrected chi connectivity index (χ1v) is 5.32. The summed E-state index contributed by atoms with van der Waals surface area (Å²) in [5, 5.41) is 10.7. The highest BCUT2D eigenvalue weighted by atomic mass is 15.3. The highest BCUT2D eigenvalue weighted by Crippen LogP contribution is 2.20. The van der Waals surface area contributed by atoms with E-state index in [1.54, 1.807) is 6.20 Å². The van der Waals surface area contributed by atoms with Crippen molar-refractivity contribution in [2.75, 3.05) is 0 Å². The maximum absolute atomic E-state index is 4.25. The minimum absolute atomic E-state index is 0.771. The first kappa shape index (κ1) is 9.72. The Hall–Kier alpha value is -2.49. The van der Waals surface area contributed by atoms with Crippen molar-refractivity contribution in [3.8, 4) is 11.4 Å². The second kappa shape index (κ2) is 4.17. The van der Waals surface area contributed by atoms with Crippen molar-refractivity contribution in [3.05, 3.63) is 53.9 Å². The van der Waals surface area contributed by atoms with E-state index < -0.39 is 0 Å². The zero-order chi connectivity index (χ0) is 11.5. The molecule has 3 rings (SSSR count). The molecule has 2 aliphatic heterocycles. The van der Waals surface area contributed by atoms with E-state index >= 15 is 0 Å². The molecule has 0 amide bonds. The maximum Gasteiger partial charge on any atom is 0.116 e. The van der Waals surface area contributed by atoms with Crippen LogP contribution < -0.4 is 0 Å².